The first-order chi connectivity index (χ1) is 16.6. The zero-order valence-electron chi connectivity index (χ0n) is 21.7. The van der Waals surface area contributed by atoms with Crippen molar-refractivity contribution in [3.8, 4) is 23.0 Å². The van der Waals surface area contributed by atoms with Gasteiger partial charge in [-0.05, 0) is 87.6 Å². The summed E-state index contributed by atoms with van der Waals surface area (Å²) < 4.78 is 0. The molecule has 0 unspecified atom stereocenters. The number of aliphatic hydroxyl groups excluding tert-OH is 1. The van der Waals surface area contributed by atoms with Crippen LogP contribution in [0.25, 0.3) is 22.0 Å². The molecule has 1 aromatic heterocycles. The molecule has 0 amide bonds. The maximum atomic E-state index is 11.2. The second-order valence-electron chi connectivity index (χ2n) is 10.8. The van der Waals surface area contributed by atoms with Crippen molar-refractivity contribution in [3.05, 3.63) is 87.6 Å². The summed E-state index contributed by atoms with van der Waals surface area (Å²) in [7, 11) is 0. The van der Waals surface area contributed by atoms with E-state index in [0.717, 1.165) is 39.0 Å². The monoisotopic (exact) mass is 462 g/mol. The molecule has 4 aromatic rings. The van der Waals surface area contributed by atoms with Crippen molar-refractivity contribution in [3.63, 3.8) is 0 Å². The van der Waals surface area contributed by atoms with Gasteiger partial charge in [-0.1, -0.05) is 43.0 Å². The molecule has 3 nitrogen and oxygen atoms in total. The average molecular weight is 463 g/mol. The second-order valence-corrected chi connectivity index (χ2v) is 10.8. The van der Waals surface area contributed by atoms with Gasteiger partial charge in [0, 0.05) is 45.4 Å². The van der Waals surface area contributed by atoms with Gasteiger partial charge in [0.15, 0.2) is 0 Å². The quantitative estimate of drug-likeness (QED) is 0.263. The molecule has 0 aliphatic carbocycles. The van der Waals surface area contributed by atoms with Gasteiger partial charge in [-0.3, -0.25) is 0 Å². The highest BCUT2D eigenvalue weighted by atomic mass is 16.3. The van der Waals surface area contributed by atoms with Crippen LogP contribution >= 0.6 is 0 Å². The van der Waals surface area contributed by atoms with E-state index in [2.05, 4.69) is 119 Å². The van der Waals surface area contributed by atoms with Gasteiger partial charge in [-0.2, -0.15) is 0 Å². The van der Waals surface area contributed by atoms with E-state index in [1.807, 2.05) is 0 Å². The third-order valence-corrected chi connectivity index (χ3v) is 7.44. The number of aryl methyl sites for hydroxylation is 4. The Labute approximate surface area is 208 Å². The normalized spacial score (nSPS) is 18.5. The lowest BCUT2D eigenvalue weighted by Gasteiger charge is -2.43. The number of aromatic amines is 1. The minimum absolute atomic E-state index is 0.0620. The fraction of sp³-hybridized carbons (Fsp3) is 0.312. The number of rotatable bonds is 1. The maximum Gasteiger partial charge on any atom is 0.0831 e. The first-order valence-corrected chi connectivity index (χ1v) is 12.4. The minimum atomic E-state index is -0.532. The Morgan fingerprint density at radius 2 is 1.60 bits per heavy atom. The van der Waals surface area contributed by atoms with Crippen molar-refractivity contribution < 1.29 is 5.11 Å². The van der Waals surface area contributed by atoms with Crippen molar-refractivity contribution >= 4 is 16.6 Å². The molecule has 3 heteroatoms. The summed E-state index contributed by atoms with van der Waals surface area (Å²) in [5.74, 6) is 6.97. The zero-order chi connectivity index (χ0) is 25.1. The van der Waals surface area contributed by atoms with Crippen LogP contribution in [-0.4, -0.2) is 21.7 Å². The predicted molar refractivity (Wildman–Crippen MR) is 147 cm³/mol. The van der Waals surface area contributed by atoms with E-state index >= 15 is 0 Å². The Hall–Kier alpha value is -3.48. The third kappa shape index (κ3) is 3.93. The number of anilines is 1. The van der Waals surface area contributed by atoms with Gasteiger partial charge in [-0.15, -0.1) is 0 Å². The molecule has 5 rings (SSSR count). The van der Waals surface area contributed by atoms with E-state index in [1.54, 1.807) is 0 Å². The summed E-state index contributed by atoms with van der Waals surface area (Å²) in [5.41, 5.74) is 11.9. The Bertz CT molecular complexity index is 1510. The summed E-state index contributed by atoms with van der Waals surface area (Å²) in [5, 5.41) is 16.1. The number of H-pyrrole nitrogens is 1. The molecule has 0 fully saturated rings. The molecule has 0 radical (unpaired) electrons. The standard InChI is InChI=1S/C32H34N2O/c1-18-13-19(2)15-23(14-18)11-12-25-27(26-10-8-9-24-21(4)17-33-30(24)26)16-20(3)29-28(25)22(5)31(35)32(6,7)34-29/h8-10,13-17,22,31,33-35H,1-7H3/t22-,31+/m1/s1. The molecular formula is C32H34N2O. The highest BCUT2D eigenvalue weighted by Gasteiger charge is 2.40. The number of hydrogen-bond acceptors (Lipinski definition) is 2. The molecule has 35 heavy (non-hydrogen) atoms. The minimum Gasteiger partial charge on any atom is -0.390 e. The number of aliphatic hydroxyl groups is 1. The third-order valence-electron chi connectivity index (χ3n) is 7.44. The molecule has 0 saturated carbocycles. The topological polar surface area (TPSA) is 48.0 Å². The summed E-state index contributed by atoms with van der Waals surface area (Å²) in [6, 6.07) is 15.1. The van der Waals surface area contributed by atoms with Crippen LogP contribution in [0.3, 0.4) is 0 Å². The molecule has 0 saturated heterocycles. The van der Waals surface area contributed by atoms with Crippen LogP contribution in [0.4, 0.5) is 5.69 Å². The van der Waals surface area contributed by atoms with Crippen LogP contribution in [0.15, 0.2) is 48.7 Å². The van der Waals surface area contributed by atoms with Gasteiger partial charge in [0.2, 0.25) is 0 Å². The highest BCUT2D eigenvalue weighted by Crippen LogP contribution is 2.46. The molecule has 2 atom stereocenters. The summed E-state index contributed by atoms with van der Waals surface area (Å²) >= 11 is 0. The van der Waals surface area contributed by atoms with E-state index in [0.29, 0.717) is 0 Å². The smallest absolute Gasteiger partial charge is 0.0831 e. The number of benzene rings is 3. The van der Waals surface area contributed by atoms with Gasteiger partial charge >= 0.3 is 0 Å². The van der Waals surface area contributed by atoms with Gasteiger partial charge in [0.1, 0.15) is 0 Å². The number of nitrogens with one attached hydrogen (secondary N) is 2. The molecule has 2 heterocycles. The first-order valence-electron chi connectivity index (χ1n) is 12.4. The van der Waals surface area contributed by atoms with E-state index in [1.165, 1.54) is 27.6 Å². The Morgan fingerprint density at radius 3 is 2.31 bits per heavy atom. The molecule has 3 N–H and O–H groups in total. The second kappa shape index (κ2) is 8.33. The van der Waals surface area contributed by atoms with Crippen LogP contribution in [-0.2, 0) is 0 Å². The van der Waals surface area contributed by atoms with E-state index in [4.69, 9.17) is 0 Å². The fourth-order valence-electron chi connectivity index (χ4n) is 5.69. The lowest BCUT2D eigenvalue weighted by Crippen LogP contribution is -2.50. The summed E-state index contributed by atoms with van der Waals surface area (Å²) in [6.45, 7) is 14.7. The average Bonchev–Trinajstić information content (AvgIpc) is 3.17. The number of aromatic nitrogens is 1. The SMILES string of the molecule is Cc1cc(C)cc(C#Cc2c(-c3cccc4c(C)c[nH]c34)cc(C)c3c2[C@@H](C)[C@H](O)C(C)(C)N3)c1. The lowest BCUT2D eigenvalue weighted by atomic mass is 9.75. The molecule has 178 valence electrons. The Kier molecular flexibility index (Phi) is 5.54. The molecule has 3 aromatic carbocycles. The van der Waals surface area contributed by atoms with Crippen molar-refractivity contribution in [1.82, 2.24) is 4.98 Å². The number of para-hydroxylation sites is 1. The summed E-state index contributed by atoms with van der Waals surface area (Å²) in [4.78, 5) is 3.49. The highest BCUT2D eigenvalue weighted by molar-refractivity contribution is 5.98. The van der Waals surface area contributed by atoms with Crippen LogP contribution in [0.5, 0.6) is 0 Å². The van der Waals surface area contributed by atoms with Gasteiger partial charge < -0.3 is 15.4 Å². The van der Waals surface area contributed by atoms with Crippen molar-refractivity contribution in [2.75, 3.05) is 5.32 Å². The molecule has 0 bridgehead atoms. The maximum absolute atomic E-state index is 11.2. The van der Waals surface area contributed by atoms with Crippen molar-refractivity contribution in [2.24, 2.45) is 0 Å². The molecule has 1 aliphatic heterocycles. The van der Waals surface area contributed by atoms with Gasteiger partial charge in [-0.25, -0.2) is 0 Å². The van der Waals surface area contributed by atoms with Crippen molar-refractivity contribution in [1.29, 1.82) is 0 Å². The zero-order valence-corrected chi connectivity index (χ0v) is 21.7. The van der Waals surface area contributed by atoms with Crippen LogP contribution < -0.4 is 5.32 Å². The van der Waals surface area contributed by atoms with Crippen LogP contribution in [0, 0.1) is 39.5 Å². The fourth-order valence-corrected chi connectivity index (χ4v) is 5.69. The van der Waals surface area contributed by atoms with E-state index < -0.39 is 11.6 Å². The first kappa shape index (κ1) is 23.3. The van der Waals surface area contributed by atoms with Crippen LogP contribution in [0.2, 0.25) is 0 Å². The van der Waals surface area contributed by atoms with E-state index in [-0.39, 0.29) is 5.92 Å². The van der Waals surface area contributed by atoms with Crippen LogP contribution in [0.1, 0.15) is 65.6 Å². The molecule has 0 spiro atoms. The van der Waals surface area contributed by atoms with Gasteiger partial charge in [0.05, 0.1) is 17.2 Å². The van der Waals surface area contributed by atoms with E-state index in [9.17, 15) is 5.11 Å². The van der Waals surface area contributed by atoms with Crippen molar-refractivity contribution in [2.45, 2.75) is 66.0 Å². The Balaban J connectivity index is 1.83. The largest absolute Gasteiger partial charge is 0.390 e. The number of hydrogen-bond donors (Lipinski definition) is 3. The number of fused-ring (bicyclic) bond motifs is 2. The Morgan fingerprint density at radius 1 is 0.886 bits per heavy atom. The molecule has 1 aliphatic rings. The lowest BCUT2D eigenvalue weighted by molar-refractivity contribution is 0.0868. The summed E-state index contributed by atoms with van der Waals surface area (Å²) in [6.07, 6.45) is 1.53. The predicted octanol–water partition coefficient (Wildman–Crippen LogP) is 7.14. The molecular weight excluding hydrogens is 428 g/mol. The van der Waals surface area contributed by atoms with Gasteiger partial charge in [0.25, 0.3) is 0 Å².